The summed E-state index contributed by atoms with van der Waals surface area (Å²) >= 11 is 1.49. The van der Waals surface area contributed by atoms with E-state index in [1.807, 2.05) is 6.26 Å². The Kier molecular flexibility index (Phi) is 8.88. The standard InChI is InChI=1S/C13H24N2O6S/c1-13(2,3)21-12(20)15-8(5-6-22-4)10(18)11(19)14-7-9(16)17/h8,10,18H,5-7H2,1-4H3,(H,14,19)(H,15,20)(H,16,17). The Balaban J connectivity index is 4.69. The SMILES string of the molecule is CSCCC(NC(=O)OC(C)(C)C)C(O)C(=O)NCC(=O)O. The van der Waals surface area contributed by atoms with Crippen LogP contribution in [0.25, 0.3) is 0 Å². The van der Waals surface area contributed by atoms with E-state index in [1.165, 1.54) is 11.8 Å². The highest BCUT2D eigenvalue weighted by atomic mass is 32.2. The molecular weight excluding hydrogens is 312 g/mol. The van der Waals surface area contributed by atoms with Crippen LogP contribution in [0.2, 0.25) is 0 Å². The Hall–Kier alpha value is -1.48. The number of thioether (sulfide) groups is 1. The van der Waals surface area contributed by atoms with E-state index in [9.17, 15) is 19.5 Å². The molecule has 0 aromatic rings. The van der Waals surface area contributed by atoms with Gasteiger partial charge in [-0.15, -0.1) is 0 Å². The van der Waals surface area contributed by atoms with Crippen molar-refractivity contribution in [2.45, 2.75) is 44.9 Å². The van der Waals surface area contributed by atoms with Gasteiger partial charge in [0.15, 0.2) is 6.10 Å². The molecular formula is C13H24N2O6S. The lowest BCUT2D eigenvalue weighted by atomic mass is 10.1. The van der Waals surface area contributed by atoms with Crippen LogP contribution in [-0.2, 0) is 14.3 Å². The number of nitrogens with one attached hydrogen (secondary N) is 2. The molecule has 0 saturated carbocycles. The smallest absolute Gasteiger partial charge is 0.407 e. The highest BCUT2D eigenvalue weighted by Crippen LogP contribution is 2.10. The van der Waals surface area contributed by atoms with Crippen molar-refractivity contribution in [2.24, 2.45) is 0 Å². The number of hydrogen-bond acceptors (Lipinski definition) is 6. The van der Waals surface area contributed by atoms with Gasteiger partial charge in [0.2, 0.25) is 0 Å². The fraction of sp³-hybridized carbons (Fsp3) is 0.769. The Morgan fingerprint density at radius 2 is 1.86 bits per heavy atom. The number of carboxylic acids is 1. The van der Waals surface area contributed by atoms with Crippen LogP contribution in [0.4, 0.5) is 4.79 Å². The molecule has 0 aromatic heterocycles. The average molecular weight is 336 g/mol. The first-order valence-corrected chi connectivity index (χ1v) is 8.12. The van der Waals surface area contributed by atoms with E-state index < -0.39 is 42.3 Å². The zero-order valence-electron chi connectivity index (χ0n) is 13.2. The van der Waals surface area contributed by atoms with E-state index in [1.54, 1.807) is 20.8 Å². The van der Waals surface area contributed by atoms with E-state index in [2.05, 4.69) is 10.6 Å². The topological polar surface area (TPSA) is 125 Å². The van der Waals surface area contributed by atoms with E-state index in [0.717, 1.165) is 0 Å². The second kappa shape index (κ2) is 9.52. The van der Waals surface area contributed by atoms with E-state index in [4.69, 9.17) is 9.84 Å². The van der Waals surface area contributed by atoms with Crippen LogP contribution in [-0.4, -0.2) is 64.5 Å². The number of rotatable bonds is 8. The number of carbonyl (C=O) groups excluding carboxylic acids is 2. The van der Waals surface area contributed by atoms with Crippen molar-refractivity contribution >= 4 is 29.7 Å². The second-order valence-corrected chi connectivity index (χ2v) is 6.58. The summed E-state index contributed by atoms with van der Waals surface area (Å²) in [7, 11) is 0. The third-order valence-electron chi connectivity index (χ3n) is 2.40. The number of carboxylic acid groups (broad SMARTS) is 1. The molecule has 8 nitrogen and oxygen atoms in total. The largest absolute Gasteiger partial charge is 0.480 e. The van der Waals surface area contributed by atoms with Crippen LogP contribution in [0.5, 0.6) is 0 Å². The number of aliphatic hydroxyl groups is 1. The van der Waals surface area contributed by atoms with Gasteiger partial charge < -0.3 is 25.6 Å². The molecule has 128 valence electrons. The Labute approximate surface area is 134 Å². The van der Waals surface area contributed by atoms with Crippen LogP contribution in [0.15, 0.2) is 0 Å². The predicted molar refractivity (Wildman–Crippen MR) is 82.8 cm³/mol. The van der Waals surface area contributed by atoms with E-state index in [-0.39, 0.29) is 0 Å². The Morgan fingerprint density at radius 1 is 1.27 bits per heavy atom. The second-order valence-electron chi connectivity index (χ2n) is 5.59. The minimum atomic E-state index is -1.56. The number of alkyl carbamates (subject to hydrolysis) is 1. The van der Waals surface area contributed by atoms with Gasteiger partial charge >= 0.3 is 12.1 Å². The van der Waals surface area contributed by atoms with E-state index >= 15 is 0 Å². The normalized spacial score (nSPS) is 13.9. The average Bonchev–Trinajstić information content (AvgIpc) is 2.37. The summed E-state index contributed by atoms with van der Waals surface area (Å²) in [5.74, 6) is -1.48. The highest BCUT2D eigenvalue weighted by molar-refractivity contribution is 7.98. The van der Waals surface area contributed by atoms with Gasteiger partial charge in [-0.05, 0) is 39.2 Å². The quantitative estimate of drug-likeness (QED) is 0.499. The number of hydrogen-bond donors (Lipinski definition) is 4. The monoisotopic (exact) mass is 336 g/mol. The molecule has 0 radical (unpaired) electrons. The van der Waals surface area contributed by atoms with Crippen molar-refractivity contribution in [1.29, 1.82) is 0 Å². The summed E-state index contributed by atoms with van der Waals surface area (Å²) in [5.41, 5.74) is -0.704. The fourth-order valence-electron chi connectivity index (χ4n) is 1.46. The molecule has 0 aliphatic heterocycles. The van der Waals surface area contributed by atoms with Crippen molar-refractivity contribution in [3.8, 4) is 0 Å². The third-order valence-corrected chi connectivity index (χ3v) is 3.04. The van der Waals surface area contributed by atoms with Crippen molar-refractivity contribution in [1.82, 2.24) is 10.6 Å². The molecule has 2 unspecified atom stereocenters. The minimum absolute atomic E-state index is 0.335. The zero-order valence-corrected chi connectivity index (χ0v) is 14.0. The van der Waals surface area contributed by atoms with Crippen LogP contribution in [0.1, 0.15) is 27.2 Å². The number of amides is 2. The first-order chi connectivity index (χ1) is 10.1. The van der Waals surface area contributed by atoms with Gasteiger partial charge in [0.1, 0.15) is 12.1 Å². The maximum absolute atomic E-state index is 11.7. The molecule has 0 bridgehead atoms. The molecule has 22 heavy (non-hydrogen) atoms. The minimum Gasteiger partial charge on any atom is -0.480 e. The van der Waals surface area contributed by atoms with Gasteiger partial charge in [0.05, 0.1) is 6.04 Å². The lowest BCUT2D eigenvalue weighted by Crippen LogP contribution is -2.52. The summed E-state index contributed by atoms with van der Waals surface area (Å²) in [6.07, 6.45) is -0.119. The first-order valence-electron chi connectivity index (χ1n) is 6.73. The van der Waals surface area contributed by atoms with Crippen molar-refractivity contribution in [2.75, 3.05) is 18.6 Å². The van der Waals surface area contributed by atoms with Gasteiger partial charge in [-0.1, -0.05) is 0 Å². The van der Waals surface area contributed by atoms with Gasteiger partial charge in [-0.2, -0.15) is 11.8 Å². The fourth-order valence-corrected chi connectivity index (χ4v) is 1.95. The molecule has 0 aliphatic rings. The van der Waals surface area contributed by atoms with Crippen molar-refractivity contribution < 1.29 is 29.3 Å². The molecule has 0 spiro atoms. The highest BCUT2D eigenvalue weighted by Gasteiger charge is 2.29. The summed E-state index contributed by atoms with van der Waals surface area (Å²) < 4.78 is 5.08. The van der Waals surface area contributed by atoms with Crippen LogP contribution >= 0.6 is 11.8 Å². The number of carbonyl (C=O) groups is 3. The van der Waals surface area contributed by atoms with E-state index in [0.29, 0.717) is 12.2 Å². The molecule has 9 heteroatoms. The van der Waals surface area contributed by atoms with Crippen molar-refractivity contribution in [3.05, 3.63) is 0 Å². The van der Waals surface area contributed by atoms with Crippen LogP contribution < -0.4 is 10.6 Å². The summed E-state index contributed by atoms with van der Waals surface area (Å²) in [6, 6.07) is -0.865. The number of aliphatic hydroxyl groups excluding tert-OH is 1. The zero-order chi connectivity index (χ0) is 17.3. The molecule has 0 aliphatic carbocycles. The molecule has 0 heterocycles. The molecule has 0 aromatic carbocycles. The summed E-state index contributed by atoms with van der Waals surface area (Å²) in [5, 5.41) is 23.0. The molecule has 2 atom stereocenters. The summed E-state index contributed by atoms with van der Waals surface area (Å²) in [6.45, 7) is 4.48. The van der Waals surface area contributed by atoms with Crippen LogP contribution in [0.3, 0.4) is 0 Å². The Morgan fingerprint density at radius 3 is 2.32 bits per heavy atom. The molecule has 0 saturated heterocycles. The van der Waals surface area contributed by atoms with Gasteiger partial charge in [0, 0.05) is 0 Å². The number of ether oxygens (including phenoxy) is 1. The van der Waals surface area contributed by atoms with Gasteiger partial charge in [-0.25, -0.2) is 4.79 Å². The summed E-state index contributed by atoms with van der Waals surface area (Å²) in [4.78, 5) is 33.9. The molecule has 2 amide bonds. The maximum Gasteiger partial charge on any atom is 0.407 e. The third kappa shape index (κ3) is 9.46. The maximum atomic E-state index is 11.7. The predicted octanol–water partition coefficient (Wildman–Crippen LogP) is 0.195. The molecule has 0 rings (SSSR count). The Bertz CT molecular complexity index is 396. The lowest BCUT2D eigenvalue weighted by molar-refractivity contribution is -0.140. The number of aliphatic carboxylic acids is 1. The van der Waals surface area contributed by atoms with Crippen LogP contribution in [0, 0.1) is 0 Å². The lowest BCUT2D eigenvalue weighted by Gasteiger charge is -2.26. The van der Waals surface area contributed by atoms with Crippen molar-refractivity contribution in [3.63, 3.8) is 0 Å². The van der Waals surface area contributed by atoms with Gasteiger partial charge in [0.25, 0.3) is 5.91 Å². The van der Waals surface area contributed by atoms with Gasteiger partial charge in [-0.3, -0.25) is 9.59 Å². The molecule has 0 fully saturated rings. The molecule has 4 N–H and O–H groups in total. The first kappa shape index (κ1) is 20.5.